The number of aromatic nitrogens is 1. The molecular weight excluding hydrogens is 246 g/mol. The molecule has 1 rings (SSSR count). The van der Waals surface area contributed by atoms with Gasteiger partial charge in [0.2, 0.25) is 0 Å². The smallest absolute Gasteiger partial charge is 0.185 e. The first-order valence-electron chi connectivity index (χ1n) is 4.89. The maximum absolute atomic E-state index is 11.0. The highest BCUT2D eigenvalue weighted by molar-refractivity contribution is 7.90. The molecular formula is C9H17N3O2S2. The number of rotatable bonds is 5. The molecule has 0 saturated carbocycles. The Kier molecular flexibility index (Phi) is 4.28. The minimum absolute atomic E-state index is 0.0895. The third-order valence-electron chi connectivity index (χ3n) is 2.10. The first-order chi connectivity index (χ1) is 7.29. The van der Waals surface area contributed by atoms with Crippen LogP contribution in [0.2, 0.25) is 0 Å². The van der Waals surface area contributed by atoms with Crippen LogP contribution in [0.15, 0.2) is 5.38 Å². The number of hydrogen-bond donors (Lipinski definition) is 1. The van der Waals surface area contributed by atoms with E-state index in [1.54, 1.807) is 0 Å². The zero-order valence-corrected chi connectivity index (χ0v) is 11.3. The van der Waals surface area contributed by atoms with Crippen LogP contribution >= 0.6 is 11.3 Å². The first-order valence-corrected chi connectivity index (χ1v) is 7.83. The Morgan fingerprint density at radius 1 is 1.62 bits per heavy atom. The van der Waals surface area contributed by atoms with E-state index in [9.17, 15) is 8.42 Å². The SMILES string of the molecule is CC(N)c1csc(N(C)CCS(C)(=O)=O)n1. The maximum atomic E-state index is 11.0. The van der Waals surface area contributed by atoms with Crippen LogP contribution in [-0.2, 0) is 9.84 Å². The van der Waals surface area contributed by atoms with Crippen molar-refractivity contribution in [3.05, 3.63) is 11.1 Å². The van der Waals surface area contributed by atoms with E-state index >= 15 is 0 Å². The molecule has 16 heavy (non-hydrogen) atoms. The number of anilines is 1. The predicted molar refractivity (Wildman–Crippen MR) is 67.7 cm³/mol. The van der Waals surface area contributed by atoms with Crippen molar-refractivity contribution in [3.8, 4) is 0 Å². The van der Waals surface area contributed by atoms with Crippen LogP contribution in [0.5, 0.6) is 0 Å². The van der Waals surface area contributed by atoms with Gasteiger partial charge in [0.15, 0.2) is 5.13 Å². The van der Waals surface area contributed by atoms with E-state index in [4.69, 9.17) is 5.73 Å². The molecule has 1 heterocycles. The lowest BCUT2D eigenvalue weighted by atomic mass is 10.3. The molecule has 0 aliphatic rings. The van der Waals surface area contributed by atoms with Gasteiger partial charge in [0, 0.05) is 31.3 Å². The van der Waals surface area contributed by atoms with Crippen molar-refractivity contribution < 1.29 is 8.42 Å². The molecule has 5 nitrogen and oxygen atoms in total. The second-order valence-electron chi connectivity index (χ2n) is 3.90. The van der Waals surface area contributed by atoms with Gasteiger partial charge in [-0.05, 0) is 6.92 Å². The summed E-state index contributed by atoms with van der Waals surface area (Å²) in [6.07, 6.45) is 1.23. The molecule has 0 spiro atoms. The first kappa shape index (κ1) is 13.4. The second-order valence-corrected chi connectivity index (χ2v) is 6.99. The normalized spacial score (nSPS) is 13.8. The van der Waals surface area contributed by atoms with Crippen LogP contribution in [0.4, 0.5) is 5.13 Å². The lowest BCUT2D eigenvalue weighted by Gasteiger charge is -2.14. The predicted octanol–water partition coefficient (Wildman–Crippen LogP) is 0.644. The molecule has 0 saturated heterocycles. The van der Waals surface area contributed by atoms with E-state index in [1.807, 2.05) is 24.3 Å². The van der Waals surface area contributed by atoms with E-state index in [0.717, 1.165) is 10.8 Å². The standard InChI is InChI=1S/C9H17N3O2S2/c1-7(10)8-6-15-9(11-8)12(2)4-5-16(3,13)14/h6-7H,4-5,10H2,1-3H3. The molecule has 1 aromatic rings. The zero-order valence-electron chi connectivity index (χ0n) is 9.67. The number of nitrogens with zero attached hydrogens (tertiary/aromatic N) is 2. The monoisotopic (exact) mass is 263 g/mol. The van der Waals surface area contributed by atoms with Crippen molar-refractivity contribution in [1.29, 1.82) is 0 Å². The van der Waals surface area contributed by atoms with Crippen molar-refractivity contribution in [2.75, 3.05) is 30.5 Å². The average Bonchev–Trinajstić information content (AvgIpc) is 2.61. The quantitative estimate of drug-likeness (QED) is 0.844. The van der Waals surface area contributed by atoms with E-state index in [2.05, 4.69) is 4.98 Å². The number of hydrogen-bond acceptors (Lipinski definition) is 6. The maximum Gasteiger partial charge on any atom is 0.185 e. The van der Waals surface area contributed by atoms with Crippen molar-refractivity contribution in [1.82, 2.24) is 4.98 Å². The zero-order chi connectivity index (χ0) is 12.3. The Balaban J connectivity index is 2.63. The lowest BCUT2D eigenvalue weighted by Crippen LogP contribution is -2.24. The molecule has 92 valence electrons. The summed E-state index contributed by atoms with van der Waals surface area (Å²) < 4.78 is 22.0. The Labute approximate surface area is 100 Å². The highest BCUT2D eigenvalue weighted by Gasteiger charge is 2.11. The van der Waals surface area contributed by atoms with Gasteiger partial charge in [-0.1, -0.05) is 0 Å². The van der Waals surface area contributed by atoms with Gasteiger partial charge in [-0.25, -0.2) is 13.4 Å². The average molecular weight is 263 g/mol. The van der Waals surface area contributed by atoms with E-state index in [-0.39, 0.29) is 11.8 Å². The van der Waals surface area contributed by atoms with E-state index < -0.39 is 9.84 Å². The van der Waals surface area contributed by atoms with Gasteiger partial charge in [-0.3, -0.25) is 0 Å². The topological polar surface area (TPSA) is 76.3 Å². The summed E-state index contributed by atoms with van der Waals surface area (Å²) in [4.78, 5) is 6.17. The van der Waals surface area contributed by atoms with Crippen LogP contribution in [0.25, 0.3) is 0 Å². The largest absolute Gasteiger partial charge is 0.350 e. The lowest BCUT2D eigenvalue weighted by molar-refractivity contribution is 0.601. The van der Waals surface area contributed by atoms with Crippen LogP contribution in [0.3, 0.4) is 0 Å². The molecule has 0 bridgehead atoms. The van der Waals surface area contributed by atoms with Crippen molar-refractivity contribution in [3.63, 3.8) is 0 Å². The van der Waals surface area contributed by atoms with Crippen LogP contribution in [0, 0.1) is 0 Å². The van der Waals surface area contributed by atoms with Crippen molar-refractivity contribution in [2.45, 2.75) is 13.0 Å². The fourth-order valence-corrected chi connectivity index (χ4v) is 2.59. The molecule has 0 aliphatic heterocycles. The van der Waals surface area contributed by atoms with Crippen LogP contribution in [0.1, 0.15) is 18.7 Å². The van der Waals surface area contributed by atoms with Gasteiger partial charge in [0.1, 0.15) is 9.84 Å². The number of sulfone groups is 1. The molecule has 1 atom stereocenters. The molecule has 0 radical (unpaired) electrons. The van der Waals surface area contributed by atoms with E-state index in [1.165, 1.54) is 17.6 Å². The Bertz CT molecular complexity index is 439. The molecule has 2 N–H and O–H groups in total. The highest BCUT2D eigenvalue weighted by Crippen LogP contribution is 2.21. The second kappa shape index (κ2) is 5.11. The summed E-state index contributed by atoms with van der Waals surface area (Å²) in [5.41, 5.74) is 6.54. The summed E-state index contributed by atoms with van der Waals surface area (Å²) in [5, 5.41) is 2.70. The van der Waals surface area contributed by atoms with Gasteiger partial charge in [-0.15, -0.1) is 11.3 Å². The molecule has 0 fully saturated rings. The summed E-state index contributed by atoms with van der Waals surface area (Å²) >= 11 is 1.48. The number of thiazole rings is 1. The summed E-state index contributed by atoms with van der Waals surface area (Å²) in [7, 11) is -1.10. The van der Waals surface area contributed by atoms with Gasteiger partial charge in [0.05, 0.1) is 11.4 Å². The molecule has 0 aromatic carbocycles. The highest BCUT2D eigenvalue weighted by atomic mass is 32.2. The molecule has 0 amide bonds. The summed E-state index contributed by atoms with van der Waals surface area (Å²) in [6.45, 7) is 2.32. The van der Waals surface area contributed by atoms with Gasteiger partial charge >= 0.3 is 0 Å². The van der Waals surface area contributed by atoms with Gasteiger partial charge in [-0.2, -0.15) is 0 Å². The van der Waals surface area contributed by atoms with Crippen LogP contribution in [-0.4, -0.2) is 39.0 Å². The minimum atomic E-state index is -2.93. The fraction of sp³-hybridized carbons (Fsp3) is 0.667. The van der Waals surface area contributed by atoms with Crippen molar-refractivity contribution >= 4 is 26.3 Å². The summed E-state index contributed by atoms with van der Waals surface area (Å²) in [6, 6.07) is -0.0895. The minimum Gasteiger partial charge on any atom is -0.350 e. The molecule has 1 aromatic heterocycles. The Morgan fingerprint density at radius 2 is 2.25 bits per heavy atom. The molecule has 7 heteroatoms. The summed E-state index contributed by atoms with van der Waals surface area (Å²) in [5.74, 6) is 0.136. The Hall–Kier alpha value is -0.660. The Morgan fingerprint density at radius 3 is 2.69 bits per heavy atom. The van der Waals surface area contributed by atoms with Crippen LogP contribution < -0.4 is 10.6 Å². The van der Waals surface area contributed by atoms with Gasteiger partial charge in [0.25, 0.3) is 0 Å². The van der Waals surface area contributed by atoms with E-state index in [0.29, 0.717) is 6.54 Å². The van der Waals surface area contributed by atoms with Crippen molar-refractivity contribution in [2.24, 2.45) is 5.73 Å². The fourth-order valence-electron chi connectivity index (χ4n) is 1.06. The third kappa shape index (κ3) is 4.07. The molecule has 0 aliphatic carbocycles. The van der Waals surface area contributed by atoms with Gasteiger partial charge < -0.3 is 10.6 Å². The number of nitrogens with two attached hydrogens (primary N) is 1. The molecule has 1 unspecified atom stereocenters. The third-order valence-corrected chi connectivity index (χ3v) is 4.00.